The van der Waals surface area contributed by atoms with Gasteiger partial charge in [0.15, 0.2) is 0 Å². The summed E-state index contributed by atoms with van der Waals surface area (Å²) in [7, 11) is 0. The van der Waals surface area contributed by atoms with Crippen LogP contribution in [0.25, 0.3) is 10.8 Å². The van der Waals surface area contributed by atoms with Crippen LogP contribution in [0.4, 0.5) is 0 Å². The number of ether oxygens (including phenoxy) is 1. The summed E-state index contributed by atoms with van der Waals surface area (Å²) in [6, 6.07) is 20.0. The van der Waals surface area contributed by atoms with Gasteiger partial charge in [0.05, 0.1) is 19.3 Å². The van der Waals surface area contributed by atoms with Crippen LogP contribution in [0.5, 0.6) is 0 Å². The number of carbonyl (C=O) groups excluding carboxylic acids is 1. The molecule has 27 heavy (non-hydrogen) atoms. The quantitative estimate of drug-likeness (QED) is 0.722. The molecule has 1 atom stereocenters. The van der Waals surface area contributed by atoms with Crippen LogP contribution in [0, 0.1) is 0 Å². The van der Waals surface area contributed by atoms with Gasteiger partial charge in [-0.2, -0.15) is 0 Å². The summed E-state index contributed by atoms with van der Waals surface area (Å²) in [6.45, 7) is 1.66. The molecule has 5 heteroatoms. The van der Waals surface area contributed by atoms with Crippen molar-refractivity contribution in [1.29, 1.82) is 0 Å². The third-order valence-corrected chi connectivity index (χ3v) is 4.96. The second-order valence-electron chi connectivity index (χ2n) is 6.65. The van der Waals surface area contributed by atoms with Crippen molar-refractivity contribution in [2.45, 2.75) is 19.1 Å². The smallest absolute Gasteiger partial charge is 0.251 e. The average Bonchev–Trinajstić information content (AvgIpc) is 2.71. The Kier molecular flexibility index (Phi) is 6.11. The Morgan fingerprint density at radius 3 is 2.67 bits per heavy atom. The number of benzene rings is 3. The van der Waals surface area contributed by atoms with Crippen molar-refractivity contribution < 1.29 is 9.53 Å². The fourth-order valence-corrected chi connectivity index (χ4v) is 3.45. The van der Waals surface area contributed by atoms with Crippen LogP contribution in [0.1, 0.15) is 33.1 Å². The number of nitrogens with two attached hydrogens (primary N) is 1. The monoisotopic (exact) mass is 382 g/mol. The predicted octanol–water partition coefficient (Wildman–Crippen LogP) is 3.76. The zero-order valence-corrected chi connectivity index (χ0v) is 15.8. The minimum absolute atomic E-state index is 0. The molecular formula is C22H23ClN2O2. The van der Waals surface area contributed by atoms with Crippen molar-refractivity contribution in [3.05, 3.63) is 82.9 Å². The third-order valence-electron chi connectivity index (χ3n) is 4.96. The maximum atomic E-state index is 12.7. The Labute approximate surface area is 165 Å². The highest BCUT2D eigenvalue weighted by atomic mass is 35.5. The van der Waals surface area contributed by atoms with E-state index >= 15 is 0 Å². The summed E-state index contributed by atoms with van der Waals surface area (Å²) in [5.41, 5.74) is 9.97. The molecule has 3 aromatic carbocycles. The first-order chi connectivity index (χ1) is 12.7. The van der Waals surface area contributed by atoms with Gasteiger partial charge in [-0.15, -0.1) is 12.4 Å². The van der Waals surface area contributed by atoms with Crippen molar-refractivity contribution in [3.63, 3.8) is 0 Å². The molecule has 0 aliphatic carbocycles. The van der Waals surface area contributed by atoms with Crippen LogP contribution < -0.4 is 11.1 Å². The van der Waals surface area contributed by atoms with Gasteiger partial charge in [-0.25, -0.2) is 0 Å². The van der Waals surface area contributed by atoms with Crippen LogP contribution >= 0.6 is 12.4 Å². The molecule has 140 valence electrons. The standard InChI is InChI=1S/C22H22N2O2.ClH/c23-13-21(18-7-5-15-3-1-2-4-17(15)11-18)24-22(25)19-8-6-16-9-10-26-14-20(16)12-19;/h1-8,11-12,21H,9-10,13-14,23H2,(H,24,25);1H. The molecule has 0 aromatic heterocycles. The van der Waals surface area contributed by atoms with Gasteiger partial charge in [0.25, 0.3) is 5.91 Å². The van der Waals surface area contributed by atoms with E-state index in [1.165, 1.54) is 10.9 Å². The summed E-state index contributed by atoms with van der Waals surface area (Å²) < 4.78 is 5.49. The van der Waals surface area contributed by atoms with Gasteiger partial charge in [0.1, 0.15) is 0 Å². The van der Waals surface area contributed by atoms with E-state index in [0.717, 1.165) is 29.5 Å². The molecule has 0 saturated carbocycles. The Hall–Kier alpha value is -2.40. The first-order valence-corrected chi connectivity index (χ1v) is 8.94. The Bertz CT molecular complexity index is 958. The zero-order valence-electron chi connectivity index (χ0n) is 15.0. The van der Waals surface area contributed by atoms with Gasteiger partial charge in [-0.1, -0.05) is 42.5 Å². The van der Waals surface area contributed by atoms with E-state index < -0.39 is 0 Å². The first kappa shape index (κ1) is 19.4. The highest BCUT2D eigenvalue weighted by molar-refractivity contribution is 5.95. The maximum Gasteiger partial charge on any atom is 0.251 e. The van der Waals surface area contributed by atoms with Crippen molar-refractivity contribution in [3.8, 4) is 0 Å². The van der Waals surface area contributed by atoms with Gasteiger partial charge in [0.2, 0.25) is 0 Å². The Morgan fingerprint density at radius 2 is 1.85 bits per heavy atom. The number of amides is 1. The molecule has 4 rings (SSSR count). The van der Waals surface area contributed by atoms with Crippen LogP contribution in [-0.2, 0) is 17.8 Å². The summed E-state index contributed by atoms with van der Waals surface area (Å²) >= 11 is 0. The number of carbonyl (C=O) groups is 1. The molecule has 0 fully saturated rings. The first-order valence-electron chi connectivity index (χ1n) is 8.94. The fraction of sp³-hybridized carbons (Fsp3) is 0.227. The maximum absolute atomic E-state index is 12.7. The Balaban J connectivity index is 0.00000210. The Morgan fingerprint density at radius 1 is 1.04 bits per heavy atom. The summed E-state index contributed by atoms with van der Waals surface area (Å²) in [6.07, 6.45) is 0.903. The minimum Gasteiger partial charge on any atom is -0.376 e. The third kappa shape index (κ3) is 4.14. The zero-order chi connectivity index (χ0) is 17.9. The van der Waals surface area contributed by atoms with Crippen molar-refractivity contribution in [2.24, 2.45) is 5.73 Å². The minimum atomic E-state index is -0.223. The number of rotatable bonds is 4. The van der Waals surface area contributed by atoms with E-state index in [-0.39, 0.29) is 24.4 Å². The molecule has 1 heterocycles. The lowest BCUT2D eigenvalue weighted by Crippen LogP contribution is -2.33. The summed E-state index contributed by atoms with van der Waals surface area (Å²) in [4.78, 5) is 12.7. The molecule has 1 unspecified atom stereocenters. The molecule has 1 aliphatic heterocycles. The second-order valence-corrected chi connectivity index (χ2v) is 6.65. The largest absolute Gasteiger partial charge is 0.376 e. The van der Waals surface area contributed by atoms with Crippen molar-refractivity contribution in [2.75, 3.05) is 13.2 Å². The molecule has 0 radical (unpaired) electrons. The number of fused-ring (bicyclic) bond motifs is 2. The van der Waals surface area contributed by atoms with E-state index in [4.69, 9.17) is 10.5 Å². The van der Waals surface area contributed by atoms with Gasteiger partial charge in [-0.05, 0) is 52.1 Å². The van der Waals surface area contributed by atoms with E-state index in [2.05, 4.69) is 29.6 Å². The number of nitrogens with one attached hydrogen (secondary N) is 1. The van der Waals surface area contributed by atoms with Crippen LogP contribution in [0.3, 0.4) is 0 Å². The van der Waals surface area contributed by atoms with Gasteiger partial charge >= 0.3 is 0 Å². The molecule has 3 N–H and O–H groups in total. The highest BCUT2D eigenvalue weighted by Crippen LogP contribution is 2.22. The normalized spacial score (nSPS) is 14.1. The van der Waals surface area contributed by atoms with E-state index in [1.54, 1.807) is 0 Å². The van der Waals surface area contributed by atoms with E-state index in [0.29, 0.717) is 18.7 Å². The summed E-state index contributed by atoms with van der Waals surface area (Å²) in [5, 5.41) is 5.38. The van der Waals surface area contributed by atoms with Crippen LogP contribution in [-0.4, -0.2) is 19.1 Å². The molecule has 0 saturated heterocycles. The SMILES string of the molecule is Cl.NCC(NC(=O)c1ccc2c(c1)COCC2)c1ccc2ccccc2c1. The van der Waals surface area contributed by atoms with Crippen molar-refractivity contribution in [1.82, 2.24) is 5.32 Å². The lowest BCUT2D eigenvalue weighted by Gasteiger charge is -2.20. The van der Waals surface area contributed by atoms with Crippen LogP contribution in [0.2, 0.25) is 0 Å². The molecule has 0 bridgehead atoms. The second kappa shape index (κ2) is 8.53. The van der Waals surface area contributed by atoms with E-state index in [1.807, 2.05) is 36.4 Å². The number of hydrogen-bond donors (Lipinski definition) is 2. The molecule has 1 aliphatic rings. The van der Waals surface area contributed by atoms with Gasteiger partial charge < -0.3 is 15.8 Å². The lowest BCUT2D eigenvalue weighted by molar-refractivity contribution is 0.0935. The average molecular weight is 383 g/mol. The summed E-state index contributed by atoms with van der Waals surface area (Å²) in [5.74, 6) is -0.109. The fourth-order valence-electron chi connectivity index (χ4n) is 3.45. The lowest BCUT2D eigenvalue weighted by atomic mass is 9.99. The molecule has 4 nitrogen and oxygen atoms in total. The topological polar surface area (TPSA) is 64.3 Å². The predicted molar refractivity (Wildman–Crippen MR) is 110 cm³/mol. The van der Waals surface area contributed by atoms with Gasteiger partial charge in [-0.3, -0.25) is 4.79 Å². The number of hydrogen-bond acceptors (Lipinski definition) is 3. The van der Waals surface area contributed by atoms with Crippen LogP contribution in [0.15, 0.2) is 60.7 Å². The number of halogens is 1. The molecule has 3 aromatic rings. The molecule has 1 amide bonds. The van der Waals surface area contributed by atoms with Crippen molar-refractivity contribution >= 4 is 29.1 Å². The van der Waals surface area contributed by atoms with Gasteiger partial charge in [0, 0.05) is 12.1 Å². The van der Waals surface area contributed by atoms with E-state index in [9.17, 15) is 4.79 Å². The molecule has 0 spiro atoms. The highest BCUT2D eigenvalue weighted by Gasteiger charge is 2.17. The molecular weight excluding hydrogens is 360 g/mol.